The molecular weight excluding hydrogens is 220 g/mol. The highest BCUT2D eigenvalue weighted by molar-refractivity contribution is 5.79. The third-order valence-electron chi connectivity index (χ3n) is 2.34. The Morgan fingerprint density at radius 1 is 1.29 bits per heavy atom. The van der Waals surface area contributed by atoms with Crippen LogP contribution in [0.4, 0.5) is 0 Å². The molecule has 17 heavy (non-hydrogen) atoms. The van der Waals surface area contributed by atoms with Crippen molar-refractivity contribution in [3.05, 3.63) is 46.3 Å². The van der Waals surface area contributed by atoms with Gasteiger partial charge in [0.15, 0.2) is 0 Å². The van der Waals surface area contributed by atoms with Crippen LogP contribution in [0.2, 0.25) is 0 Å². The highest BCUT2D eigenvalue weighted by atomic mass is 16.5. The monoisotopic (exact) mass is 232 g/mol. The van der Waals surface area contributed by atoms with Crippen LogP contribution in [0.15, 0.2) is 39.5 Å². The van der Waals surface area contributed by atoms with E-state index in [2.05, 4.69) is 0 Å². The molecule has 1 aromatic carbocycles. The van der Waals surface area contributed by atoms with E-state index in [1.54, 1.807) is 19.1 Å². The molecule has 0 bridgehead atoms. The molecule has 0 saturated heterocycles. The molecule has 0 unspecified atom stereocenters. The Morgan fingerprint density at radius 3 is 2.82 bits per heavy atom. The lowest BCUT2D eigenvalue weighted by molar-refractivity contribution is -0.142. The van der Waals surface area contributed by atoms with E-state index >= 15 is 0 Å². The lowest BCUT2D eigenvalue weighted by atomic mass is 10.1. The van der Waals surface area contributed by atoms with Gasteiger partial charge in [0, 0.05) is 11.5 Å². The minimum absolute atomic E-state index is 0.183. The van der Waals surface area contributed by atoms with E-state index in [0.717, 1.165) is 10.9 Å². The topological polar surface area (TPSA) is 56.5 Å². The van der Waals surface area contributed by atoms with Gasteiger partial charge in [-0.05, 0) is 24.6 Å². The molecule has 88 valence electrons. The van der Waals surface area contributed by atoms with E-state index in [1.807, 2.05) is 12.1 Å². The number of rotatable bonds is 3. The first-order valence-corrected chi connectivity index (χ1v) is 5.37. The fraction of sp³-hybridized carbons (Fsp3) is 0.231. The minimum atomic E-state index is -0.397. The van der Waals surface area contributed by atoms with Crippen LogP contribution in [-0.2, 0) is 16.0 Å². The molecule has 0 aliphatic rings. The fourth-order valence-corrected chi connectivity index (χ4v) is 1.59. The van der Waals surface area contributed by atoms with Crippen molar-refractivity contribution in [1.29, 1.82) is 0 Å². The van der Waals surface area contributed by atoms with Gasteiger partial charge in [-0.15, -0.1) is 0 Å². The van der Waals surface area contributed by atoms with Gasteiger partial charge in [0.05, 0.1) is 13.0 Å². The van der Waals surface area contributed by atoms with Gasteiger partial charge in [-0.25, -0.2) is 4.79 Å². The van der Waals surface area contributed by atoms with E-state index < -0.39 is 5.63 Å². The highest BCUT2D eigenvalue weighted by Gasteiger charge is 2.05. The summed E-state index contributed by atoms with van der Waals surface area (Å²) in [5.74, 6) is -0.287. The van der Waals surface area contributed by atoms with Crippen LogP contribution in [0, 0.1) is 0 Å². The van der Waals surface area contributed by atoms with Crippen molar-refractivity contribution >= 4 is 16.9 Å². The average molecular weight is 232 g/mol. The van der Waals surface area contributed by atoms with Crippen LogP contribution in [0.25, 0.3) is 11.0 Å². The zero-order valence-corrected chi connectivity index (χ0v) is 9.43. The first kappa shape index (κ1) is 11.4. The molecule has 0 aliphatic heterocycles. The second-order valence-electron chi connectivity index (χ2n) is 3.61. The summed E-state index contributed by atoms with van der Waals surface area (Å²) in [6, 6.07) is 8.38. The molecule has 4 nitrogen and oxygen atoms in total. The number of carbonyl (C=O) groups excluding carboxylic acids is 1. The van der Waals surface area contributed by atoms with Crippen LogP contribution < -0.4 is 5.63 Å². The van der Waals surface area contributed by atoms with Gasteiger partial charge in [0.1, 0.15) is 5.58 Å². The summed E-state index contributed by atoms with van der Waals surface area (Å²) in [5, 5.41) is 0.831. The molecule has 2 rings (SSSR count). The van der Waals surface area contributed by atoms with Gasteiger partial charge in [-0.1, -0.05) is 12.1 Å². The van der Waals surface area contributed by atoms with E-state index in [1.165, 1.54) is 6.07 Å². The van der Waals surface area contributed by atoms with E-state index in [0.29, 0.717) is 12.2 Å². The van der Waals surface area contributed by atoms with Gasteiger partial charge in [-0.2, -0.15) is 0 Å². The molecule has 1 heterocycles. The summed E-state index contributed by atoms with van der Waals surface area (Å²) in [5.41, 5.74) is 0.857. The zero-order chi connectivity index (χ0) is 12.3. The normalized spacial score (nSPS) is 10.4. The summed E-state index contributed by atoms with van der Waals surface area (Å²) in [6.07, 6.45) is 0.183. The molecule has 0 N–H and O–H groups in total. The van der Waals surface area contributed by atoms with Gasteiger partial charge in [0.2, 0.25) is 0 Å². The van der Waals surface area contributed by atoms with Crippen molar-refractivity contribution in [1.82, 2.24) is 0 Å². The van der Waals surface area contributed by atoms with Crippen LogP contribution in [-0.4, -0.2) is 12.6 Å². The first-order chi connectivity index (χ1) is 8.19. The molecule has 0 atom stereocenters. The van der Waals surface area contributed by atoms with Crippen LogP contribution in [0.1, 0.15) is 12.5 Å². The standard InChI is InChI=1S/C13H12O4/c1-2-16-13(15)8-9-3-4-10-5-6-12(14)17-11(10)7-9/h3-7H,2,8H2,1H3. The Morgan fingerprint density at radius 2 is 2.06 bits per heavy atom. The number of esters is 1. The summed E-state index contributed by atoms with van der Waals surface area (Å²) >= 11 is 0. The summed E-state index contributed by atoms with van der Waals surface area (Å²) in [7, 11) is 0. The molecular formula is C13H12O4. The van der Waals surface area contributed by atoms with E-state index in [9.17, 15) is 9.59 Å². The number of carbonyl (C=O) groups is 1. The molecule has 4 heteroatoms. The smallest absolute Gasteiger partial charge is 0.336 e. The van der Waals surface area contributed by atoms with Gasteiger partial charge >= 0.3 is 11.6 Å². The minimum Gasteiger partial charge on any atom is -0.466 e. The first-order valence-electron chi connectivity index (χ1n) is 5.37. The Balaban J connectivity index is 2.30. The maximum absolute atomic E-state index is 11.3. The molecule has 0 amide bonds. The Kier molecular flexibility index (Phi) is 3.23. The Hall–Kier alpha value is -2.10. The lowest BCUT2D eigenvalue weighted by Crippen LogP contribution is -2.07. The molecule has 0 aliphatic carbocycles. The maximum Gasteiger partial charge on any atom is 0.336 e. The van der Waals surface area contributed by atoms with Crippen molar-refractivity contribution in [2.75, 3.05) is 6.61 Å². The molecule has 0 fully saturated rings. The van der Waals surface area contributed by atoms with Crippen LogP contribution in [0.3, 0.4) is 0 Å². The number of fused-ring (bicyclic) bond motifs is 1. The largest absolute Gasteiger partial charge is 0.466 e. The van der Waals surface area contributed by atoms with Crippen molar-refractivity contribution in [2.24, 2.45) is 0 Å². The number of benzene rings is 1. The quantitative estimate of drug-likeness (QED) is 0.599. The van der Waals surface area contributed by atoms with Crippen molar-refractivity contribution < 1.29 is 13.9 Å². The third kappa shape index (κ3) is 2.72. The number of hydrogen-bond donors (Lipinski definition) is 0. The van der Waals surface area contributed by atoms with Gasteiger partial charge in [0.25, 0.3) is 0 Å². The summed E-state index contributed by atoms with van der Waals surface area (Å²) < 4.78 is 9.89. The Bertz CT molecular complexity index is 598. The second kappa shape index (κ2) is 4.82. The van der Waals surface area contributed by atoms with E-state index in [-0.39, 0.29) is 12.4 Å². The highest BCUT2D eigenvalue weighted by Crippen LogP contribution is 2.14. The molecule has 0 radical (unpaired) electrons. The molecule has 1 aromatic heterocycles. The van der Waals surface area contributed by atoms with Gasteiger partial charge < -0.3 is 9.15 Å². The molecule has 2 aromatic rings. The Labute approximate surface area is 97.8 Å². The number of hydrogen-bond acceptors (Lipinski definition) is 4. The molecule has 0 saturated carbocycles. The maximum atomic E-state index is 11.3. The van der Waals surface area contributed by atoms with Crippen molar-refractivity contribution in [3.8, 4) is 0 Å². The zero-order valence-electron chi connectivity index (χ0n) is 9.43. The average Bonchev–Trinajstić information content (AvgIpc) is 2.28. The van der Waals surface area contributed by atoms with Crippen molar-refractivity contribution in [2.45, 2.75) is 13.3 Å². The lowest BCUT2D eigenvalue weighted by Gasteiger charge is -2.02. The van der Waals surface area contributed by atoms with Crippen LogP contribution >= 0.6 is 0 Å². The molecule has 0 spiro atoms. The predicted molar refractivity (Wildman–Crippen MR) is 62.8 cm³/mol. The SMILES string of the molecule is CCOC(=O)Cc1ccc2ccc(=O)oc2c1. The number of ether oxygens (including phenoxy) is 1. The predicted octanol–water partition coefficient (Wildman–Crippen LogP) is 1.90. The summed E-state index contributed by atoms with van der Waals surface area (Å²) in [4.78, 5) is 22.4. The van der Waals surface area contributed by atoms with Crippen molar-refractivity contribution in [3.63, 3.8) is 0 Å². The van der Waals surface area contributed by atoms with E-state index in [4.69, 9.17) is 9.15 Å². The second-order valence-corrected chi connectivity index (χ2v) is 3.61. The van der Waals surface area contributed by atoms with Crippen LogP contribution in [0.5, 0.6) is 0 Å². The third-order valence-corrected chi connectivity index (χ3v) is 2.34. The summed E-state index contributed by atoms with van der Waals surface area (Å²) in [6.45, 7) is 2.12. The van der Waals surface area contributed by atoms with Gasteiger partial charge in [-0.3, -0.25) is 4.79 Å². The fourth-order valence-electron chi connectivity index (χ4n) is 1.59.